The third kappa shape index (κ3) is 4.97. The molecule has 0 aliphatic heterocycles. The lowest BCUT2D eigenvalue weighted by Crippen LogP contribution is -2.28. The van der Waals surface area contributed by atoms with Gasteiger partial charge in [0.25, 0.3) is 0 Å². The molecule has 3 N–H and O–H groups in total. The van der Waals surface area contributed by atoms with Crippen molar-refractivity contribution in [3.63, 3.8) is 0 Å². The Morgan fingerprint density at radius 2 is 1.95 bits per heavy atom. The zero-order chi connectivity index (χ0) is 13.7. The Morgan fingerprint density at radius 3 is 2.47 bits per heavy atom. The number of halogens is 2. The van der Waals surface area contributed by atoms with E-state index in [1.165, 1.54) is 13.2 Å². The normalized spacial score (nSPS) is 13.8. The van der Waals surface area contributed by atoms with Crippen LogP contribution in [0.4, 0.5) is 4.39 Å². The van der Waals surface area contributed by atoms with Crippen molar-refractivity contribution in [2.24, 2.45) is 11.7 Å². The third-order valence-corrected chi connectivity index (χ3v) is 3.02. The molecule has 1 aromatic rings. The Morgan fingerprint density at radius 1 is 1.32 bits per heavy atom. The highest BCUT2D eigenvalue weighted by molar-refractivity contribution is 5.85. The van der Waals surface area contributed by atoms with Gasteiger partial charge in [0, 0.05) is 5.56 Å². The fourth-order valence-electron chi connectivity index (χ4n) is 1.89. The van der Waals surface area contributed by atoms with Crippen LogP contribution in [0, 0.1) is 11.7 Å². The number of benzene rings is 1. The van der Waals surface area contributed by atoms with Crippen LogP contribution in [0.2, 0.25) is 0 Å². The van der Waals surface area contributed by atoms with Crippen LogP contribution in [-0.2, 0) is 0 Å². The van der Waals surface area contributed by atoms with E-state index >= 15 is 0 Å². The van der Waals surface area contributed by atoms with Gasteiger partial charge in [-0.25, -0.2) is 4.39 Å². The molecule has 2 atom stereocenters. The number of methoxy groups -OCH3 is 1. The quantitative estimate of drug-likeness (QED) is 0.847. The maximum absolute atomic E-state index is 13.8. The fourth-order valence-corrected chi connectivity index (χ4v) is 1.89. The Labute approximate surface area is 120 Å². The van der Waals surface area contributed by atoms with Crippen molar-refractivity contribution in [1.29, 1.82) is 0 Å². The predicted molar refractivity (Wildman–Crippen MR) is 77.2 cm³/mol. The molecule has 0 bridgehead atoms. The maximum atomic E-state index is 13.8. The van der Waals surface area contributed by atoms with Crippen molar-refractivity contribution in [1.82, 2.24) is 0 Å². The monoisotopic (exact) mass is 291 g/mol. The Hall–Kier alpha value is -0.840. The average Bonchev–Trinajstić information content (AvgIpc) is 2.34. The van der Waals surface area contributed by atoms with Crippen molar-refractivity contribution in [2.75, 3.05) is 7.11 Å². The molecule has 0 spiro atoms. The van der Waals surface area contributed by atoms with Crippen LogP contribution in [0.25, 0.3) is 0 Å². The van der Waals surface area contributed by atoms with Gasteiger partial charge in [-0.15, -0.1) is 12.4 Å². The fraction of sp³-hybridized carbons (Fsp3) is 0.571. The molecule has 0 aromatic heterocycles. The van der Waals surface area contributed by atoms with Crippen LogP contribution >= 0.6 is 12.4 Å². The first-order valence-corrected chi connectivity index (χ1v) is 6.23. The van der Waals surface area contributed by atoms with Gasteiger partial charge in [-0.3, -0.25) is 0 Å². The van der Waals surface area contributed by atoms with Gasteiger partial charge in [0.1, 0.15) is 11.6 Å². The number of hydrogen-bond donors (Lipinski definition) is 2. The van der Waals surface area contributed by atoms with Gasteiger partial charge in [-0.1, -0.05) is 19.9 Å². The summed E-state index contributed by atoms with van der Waals surface area (Å²) in [7, 11) is 1.46. The lowest BCUT2D eigenvalue weighted by atomic mass is 9.95. The van der Waals surface area contributed by atoms with E-state index in [1.807, 2.05) is 0 Å². The van der Waals surface area contributed by atoms with E-state index in [4.69, 9.17) is 10.5 Å². The zero-order valence-electron chi connectivity index (χ0n) is 11.6. The molecule has 0 radical (unpaired) electrons. The first-order valence-electron chi connectivity index (χ1n) is 6.23. The van der Waals surface area contributed by atoms with E-state index in [-0.39, 0.29) is 18.0 Å². The Bertz CT molecular complexity index is 388. The minimum absolute atomic E-state index is 0. The molecule has 0 fully saturated rings. The van der Waals surface area contributed by atoms with Crippen molar-refractivity contribution in [2.45, 2.75) is 38.8 Å². The van der Waals surface area contributed by atoms with E-state index in [1.54, 1.807) is 12.1 Å². The molecule has 0 unspecified atom stereocenters. The number of aliphatic hydroxyl groups is 1. The molecule has 19 heavy (non-hydrogen) atoms. The minimum atomic E-state index is -0.766. The summed E-state index contributed by atoms with van der Waals surface area (Å²) in [4.78, 5) is 0. The van der Waals surface area contributed by atoms with Gasteiger partial charge in [0.15, 0.2) is 0 Å². The summed E-state index contributed by atoms with van der Waals surface area (Å²) in [5.41, 5.74) is 6.18. The number of ether oxygens (including phenoxy) is 1. The van der Waals surface area contributed by atoms with E-state index in [0.29, 0.717) is 18.1 Å². The predicted octanol–water partition coefficient (Wildman–Crippen LogP) is 3.05. The van der Waals surface area contributed by atoms with E-state index in [9.17, 15) is 9.50 Å². The highest BCUT2D eigenvalue weighted by atomic mass is 35.5. The largest absolute Gasteiger partial charge is 0.496 e. The number of aliphatic hydroxyl groups excluding tert-OH is 1. The topological polar surface area (TPSA) is 55.5 Å². The van der Waals surface area contributed by atoms with Crippen LogP contribution in [0.1, 0.15) is 38.3 Å². The first kappa shape index (κ1) is 18.2. The summed E-state index contributed by atoms with van der Waals surface area (Å²) in [6.07, 6.45) is 0.639. The zero-order valence-corrected chi connectivity index (χ0v) is 12.4. The Kier molecular flexibility index (Phi) is 7.99. The van der Waals surface area contributed by atoms with Gasteiger partial charge < -0.3 is 15.6 Å². The summed E-state index contributed by atoms with van der Waals surface area (Å²) < 4.78 is 18.9. The van der Waals surface area contributed by atoms with E-state index in [0.717, 1.165) is 6.42 Å². The van der Waals surface area contributed by atoms with Crippen molar-refractivity contribution in [3.05, 3.63) is 29.6 Å². The highest BCUT2D eigenvalue weighted by Crippen LogP contribution is 2.29. The number of nitrogens with two attached hydrogens (primary N) is 1. The smallest absolute Gasteiger partial charge is 0.131 e. The Balaban J connectivity index is 0.00000324. The van der Waals surface area contributed by atoms with E-state index < -0.39 is 18.0 Å². The summed E-state index contributed by atoms with van der Waals surface area (Å²) in [5.74, 6) is 0.422. The summed E-state index contributed by atoms with van der Waals surface area (Å²) in [6, 6.07) is 3.77. The molecule has 0 saturated heterocycles. The highest BCUT2D eigenvalue weighted by Gasteiger charge is 2.23. The second-order valence-electron chi connectivity index (χ2n) is 4.92. The van der Waals surface area contributed by atoms with E-state index in [2.05, 4.69) is 13.8 Å². The summed E-state index contributed by atoms with van der Waals surface area (Å²) >= 11 is 0. The van der Waals surface area contributed by atoms with Crippen molar-refractivity contribution < 1.29 is 14.2 Å². The molecule has 0 saturated carbocycles. The molecule has 0 heterocycles. The standard InChI is InChI=1S/C14H22FNO2.ClH/c1-9(2)7-8-11(17)14(16)13-10(15)5-4-6-12(13)18-3;/h4-6,9,11,14,17H,7-8,16H2,1-3H3;1H/t11-,14-;/m1./s1. The molecule has 0 aliphatic rings. The molecule has 0 amide bonds. The van der Waals surface area contributed by atoms with Crippen LogP contribution in [0.5, 0.6) is 5.75 Å². The van der Waals surface area contributed by atoms with Gasteiger partial charge in [-0.05, 0) is 30.9 Å². The van der Waals surface area contributed by atoms with Crippen LogP contribution in [0.15, 0.2) is 18.2 Å². The van der Waals surface area contributed by atoms with Gasteiger partial charge >= 0.3 is 0 Å². The van der Waals surface area contributed by atoms with Crippen LogP contribution in [0.3, 0.4) is 0 Å². The van der Waals surface area contributed by atoms with Gasteiger partial charge in [-0.2, -0.15) is 0 Å². The second-order valence-corrected chi connectivity index (χ2v) is 4.92. The number of hydrogen-bond acceptors (Lipinski definition) is 3. The molecule has 3 nitrogen and oxygen atoms in total. The SMILES string of the molecule is COc1cccc(F)c1[C@H](N)[C@H](O)CCC(C)C.Cl. The maximum Gasteiger partial charge on any atom is 0.131 e. The molecule has 1 rings (SSSR count). The molecule has 1 aromatic carbocycles. The molecular weight excluding hydrogens is 269 g/mol. The van der Waals surface area contributed by atoms with Crippen LogP contribution in [-0.4, -0.2) is 18.3 Å². The molecule has 0 aliphatic carbocycles. The lowest BCUT2D eigenvalue weighted by Gasteiger charge is -2.22. The number of rotatable bonds is 6. The molecule has 110 valence electrons. The van der Waals surface area contributed by atoms with Gasteiger partial charge in [0.05, 0.1) is 19.3 Å². The minimum Gasteiger partial charge on any atom is -0.496 e. The van der Waals surface area contributed by atoms with Gasteiger partial charge in [0.2, 0.25) is 0 Å². The van der Waals surface area contributed by atoms with Crippen LogP contribution < -0.4 is 10.5 Å². The first-order chi connectivity index (χ1) is 8.47. The lowest BCUT2D eigenvalue weighted by molar-refractivity contribution is 0.125. The van der Waals surface area contributed by atoms with Crippen molar-refractivity contribution in [3.8, 4) is 5.75 Å². The summed E-state index contributed by atoms with van der Waals surface area (Å²) in [6.45, 7) is 4.14. The molecular formula is C14H23ClFNO2. The third-order valence-electron chi connectivity index (χ3n) is 3.02. The average molecular weight is 292 g/mol. The van der Waals surface area contributed by atoms with Crippen molar-refractivity contribution >= 4 is 12.4 Å². The second kappa shape index (κ2) is 8.35. The summed E-state index contributed by atoms with van der Waals surface area (Å²) in [5, 5.41) is 10.0. The molecule has 5 heteroatoms.